The summed E-state index contributed by atoms with van der Waals surface area (Å²) < 4.78 is 42.6. The molecule has 1 unspecified atom stereocenters. The fraction of sp³-hybridized carbons (Fsp3) is 0.421. The Hall–Kier alpha value is -3.04. The smallest absolute Gasteiger partial charge is 0.345 e. The highest BCUT2D eigenvalue weighted by molar-refractivity contribution is 5.57. The fourth-order valence-electron chi connectivity index (χ4n) is 3.50. The summed E-state index contributed by atoms with van der Waals surface area (Å²) in [4.78, 5) is 13.9. The standard InChI is InChI=1S/C19H20F3N7/c1-11(2)17-26-27-18-12(3)28(7-8-29(17)18)15-9-14(19(20,21)22)24-16(25-15)13-5-4-6-23-10-13/h4-6,9-12H,7-8H2,1-3H3. The van der Waals surface area contributed by atoms with Crippen molar-refractivity contribution in [1.82, 2.24) is 29.7 Å². The lowest BCUT2D eigenvalue weighted by molar-refractivity contribution is -0.141. The molecule has 4 heterocycles. The van der Waals surface area contributed by atoms with Gasteiger partial charge in [0.25, 0.3) is 0 Å². The summed E-state index contributed by atoms with van der Waals surface area (Å²) in [6, 6.07) is 3.99. The van der Waals surface area contributed by atoms with Crippen LogP contribution in [0.1, 0.15) is 50.1 Å². The molecule has 0 aliphatic carbocycles. The van der Waals surface area contributed by atoms with Gasteiger partial charge in [-0.3, -0.25) is 4.98 Å². The van der Waals surface area contributed by atoms with E-state index in [-0.39, 0.29) is 23.6 Å². The third-order valence-corrected chi connectivity index (χ3v) is 4.95. The van der Waals surface area contributed by atoms with Gasteiger partial charge in [0, 0.05) is 43.0 Å². The Balaban J connectivity index is 1.78. The molecular formula is C19H20F3N7. The van der Waals surface area contributed by atoms with Gasteiger partial charge in [0.15, 0.2) is 17.3 Å². The molecule has 1 aliphatic rings. The van der Waals surface area contributed by atoms with Crippen LogP contribution in [0.5, 0.6) is 0 Å². The fourth-order valence-corrected chi connectivity index (χ4v) is 3.50. The van der Waals surface area contributed by atoms with E-state index in [1.165, 1.54) is 6.20 Å². The van der Waals surface area contributed by atoms with Crippen molar-refractivity contribution in [3.63, 3.8) is 0 Å². The number of nitrogens with zero attached hydrogens (tertiary/aromatic N) is 7. The lowest BCUT2D eigenvalue weighted by atomic mass is 10.1. The second-order valence-corrected chi connectivity index (χ2v) is 7.27. The average molecular weight is 403 g/mol. The van der Waals surface area contributed by atoms with Gasteiger partial charge in [0.05, 0.1) is 6.04 Å². The molecule has 152 valence electrons. The summed E-state index contributed by atoms with van der Waals surface area (Å²) in [5.74, 6) is 2.00. The van der Waals surface area contributed by atoms with E-state index in [9.17, 15) is 13.2 Å². The first kappa shape index (κ1) is 19.3. The monoisotopic (exact) mass is 403 g/mol. The maximum Gasteiger partial charge on any atom is 0.433 e. The molecule has 0 bridgehead atoms. The van der Waals surface area contributed by atoms with Crippen LogP contribution in [0.2, 0.25) is 0 Å². The summed E-state index contributed by atoms with van der Waals surface area (Å²) in [6.45, 7) is 7.03. The van der Waals surface area contributed by atoms with Gasteiger partial charge in [-0.25, -0.2) is 9.97 Å². The first-order valence-electron chi connectivity index (χ1n) is 9.32. The van der Waals surface area contributed by atoms with Gasteiger partial charge in [-0.2, -0.15) is 13.2 Å². The number of aromatic nitrogens is 6. The van der Waals surface area contributed by atoms with E-state index in [2.05, 4.69) is 25.1 Å². The first-order valence-corrected chi connectivity index (χ1v) is 9.32. The lowest BCUT2D eigenvalue weighted by Crippen LogP contribution is -2.38. The largest absolute Gasteiger partial charge is 0.433 e. The van der Waals surface area contributed by atoms with Crippen LogP contribution >= 0.6 is 0 Å². The third-order valence-electron chi connectivity index (χ3n) is 4.95. The van der Waals surface area contributed by atoms with Crippen molar-refractivity contribution in [2.75, 3.05) is 11.4 Å². The van der Waals surface area contributed by atoms with Crippen molar-refractivity contribution in [3.8, 4) is 11.4 Å². The highest BCUT2D eigenvalue weighted by atomic mass is 19.4. The number of rotatable bonds is 3. The van der Waals surface area contributed by atoms with E-state index < -0.39 is 11.9 Å². The lowest BCUT2D eigenvalue weighted by Gasteiger charge is -2.35. The van der Waals surface area contributed by atoms with Crippen LogP contribution in [-0.4, -0.2) is 36.3 Å². The van der Waals surface area contributed by atoms with Crippen LogP contribution in [0.3, 0.4) is 0 Å². The van der Waals surface area contributed by atoms with Crippen molar-refractivity contribution in [2.45, 2.75) is 45.5 Å². The topological polar surface area (TPSA) is 72.6 Å². The molecule has 7 nitrogen and oxygen atoms in total. The summed E-state index contributed by atoms with van der Waals surface area (Å²) in [6.07, 6.45) is -1.59. The van der Waals surface area contributed by atoms with E-state index >= 15 is 0 Å². The number of halogens is 3. The van der Waals surface area contributed by atoms with E-state index in [4.69, 9.17) is 0 Å². The van der Waals surface area contributed by atoms with Crippen LogP contribution < -0.4 is 4.90 Å². The van der Waals surface area contributed by atoms with Crippen LogP contribution in [0.25, 0.3) is 11.4 Å². The molecule has 0 fully saturated rings. The van der Waals surface area contributed by atoms with E-state index in [0.29, 0.717) is 18.7 Å². The maximum absolute atomic E-state index is 13.5. The highest BCUT2D eigenvalue weighted by Crippen LogP contribution is 2.35. The average Bonchev–Trinajstić information content (AvgIpc) is 3.13. The molecule has 1 aliphatic heterocycles. The Bertz CT molecular complexity index is 1010. The van der Waals surface area contributed by atoms with Gasteiger partial charge in [0.1, 0.15) is 11.6 Å². The van der Waals surface area contributed by atoms with E-state index in [1.807, 2.05) is 30.2 Å². The van der Waals surface area contributed by atoms with Crippen molar-refractivity contribution in [2.24, 2.45) is 0 Å². The molecule has 3 aromatic rings. The summed E-state index contributed by atoms with van der Waals surface area (Å²) >= 11 is 0. The highest BCUT2D eigenvalue weighted by Gasteiger charge is 2.36. The van der Waals surface area contributed by atoms with Crippen molar-refractivity contribution < 1.29 is 13.2 Å². The van der Waals surface area contributed by atoms with Gasteiger partial charge in [-0.15, -0.1) is 10.2 Å². The molecular weight excluding hydrogens is 383 g/mol. The molecule has 1 atom stereocenters. The molecule has 0 amide bonds. The molecule has 0 saturated carbocycles. The normalized spacial score (nSPS) is 16.9. The van der Waals surface area contributed by atoms with Crippen LogP contribution in [-0.2, 0) is 12.7 Å². The quantitative estimate of drug-likeness (QED) is 0.661. The maximum atomic E-state index is 13.5. The number of hydrogen-bond donors (Lipinski definition) is 0. The van der Waals surface area contributed by atoms with Gasteiger partial charge in [-0.1, -0.05) is 13.8 Å². The molecule has 0 radical (unpaired) electrons. The zero-order chi connectivity index (χ0) is 20.8. The Morgan fingerprint density at radius 3 is 2.59 bits per heavy atom. The first-order chi connectivity index (χ1) is 13.8. The van der Waals surface area contributed by atoms with E-state index in [1.54, 1.807) is 18.3 Å². The number of alkyl halides is 3. The SMILES string of the molecule is CC(C)c1nnc2n1CCN(c1cc(C(F)(F)F)nc(-c3cccnc3)n1)C2C. The zero-order valence-electron chi connectivity index (χ0n) is 16.2. The molecule has 0 N–H and O–H groups in total. The van der Waals surface area contributed by atoms with Gasteiger partial charge < -0.3 is 9.47 Å². The minimum atomic E-state index is -4.58. The third kappa shape index (κ3) is 3.54. The summed E-state index contributed by atoms with van der Waals surface area (Å²) in [5, 5.41) is 8.55. The number of hydrogen-bond acceptors (Lipinski definition) is 6. The second kappa shape index (κ2) is 7.09. The van der Waals surface area contributed by atoms with Gasteiger partial charge in [-0.05, 0) is 19.1 Å². The molecule has 0 spiro atoms. The Labute approximate surface area is 165 Å². The van der Waals surface area contributed by atoms with Gasteiger partial charge >= 0.3 is 6.18 Å². The molecule has 10 heteroatoms. The molecule has 29 heavy (non-hydrogen) atoms. The van der Waals surface area contributed by atoms with Crippen LogP contribution in [0.4, 0.5) is 19.0 Å². The van der Waals surface area contributed by atoms with Crippen molar-refractivity contribution >= 4 is 5.82 Å². The Morgan fingerprint density at radius 2 is 1.93 bits per heavy atom. The zero-order valence-corrected chi connectivity index (χ0v) is 16.2. The molecule has 4 rings (SSSR count). The molecule has 3 aromatic heterocycles. The van der Waals surface area contributed by atoms with Crippen LogP contribution in [0, 0.1) is 0 Å². The molecule has 0 saturated heterocycles. The predicted molar refractivity (Wildman–Crippen MR) is 100 cm³/mol. The number of pyridine rings is 1. The minimum absolute atomic E-state index is 0.00923. The predicted octanol–water partition coefficient (Wildman–Crippen LogP) is 3.85. The number of fused-ring (bicyclic) bond motifs is 1. The minimum Gasteiger partial charge on any atom is -0.345 e. The van der Waals surface area contributed by atoms with Crippen molar-refractivity contribution in [1.29, 1.82) is 0 Å². The molecule has 0 aromatic carbocycles. The van der Waals surface area contributed by atoms with Crippen LogP contribution in [0.15, 0.2) is 30.6 Å². The summed E-state index contributed by atoms with van der Waals surface area (Å²) in [5.41, 5.74) is -0.557. The number of anilines is 1. The van der Waals surface area contributed by atoms with Crippen molar-refractivity contribution in [3.05, 3.63) is 47.9 Å². The second-order valence-electron chi connectivity index (χ2n) is 7.27. The van der Waals surface area contributed by atoms with E-state index in [0.717, 1.165) is 17.7 Å². The summed E-state index contributed by atoms with van der Waals surface area (Å²) in [7, 11) is 0. The Kier molecular flexibility index (Phi) is 4.71. The Morgan fingerprint density at radius 1 is 1.14 bits per heavy atom. The van der Waals surface area contributed by atoms with Gasteiger partial charge in [0.2, 0.25) is 0 Å².